The van der Waals surface area contributed by atoms with Crippen LogP contribution in [0.2, 0.25) is 0 Å². The number of hydrogen-bond acceptors (Lipinski definition) is 4. The number of benzene rings is 1. The molecule has 1 atom stereocenters. The van der Waals surface area contributed by atoms with Crippen LogP contribution in [0, 0.1) is 0 Å². The van der Waals surface area contributed by atoms with Gasteiger partial charge in [0.1, 0.15) is 0 Å². The lowest BCUT2D eigenvalue weighted by molar-refractivity contribution is -0.122. The number of H-pyrrole nitrogens is 1. The summed E-state index contributed by atoms with van der Waals surface area (Å²) in [6.45, 7) is 2.96. The van der Waals surface area contributed by atoms with Crippen molar-refractivity contribution >= 4 is 22.7 Å². The number of rotatable bonds is 4. The van der Waals surface area contributed by atoms with Crippen molar-refractivity contribution in [1.82, 2.24) is 10.3 Å². The summed E-state index contributed by atoms with van der Waals surface area (Å²) in [4.78, 5) is 26.3. The van der Waals surface area contributed by atoms with E-state index in [2.05, 4.69) is 22.5 Å². The van der Waals surface area contributed by atoms with Crippen LogP contribution in [0.3, 0.4) is 0 Å². The second kappa shape index (κ2) is 5.37. The Hall–Kier alpha value is -2.08. The van der Waals surface area contributed by atoms with Crippen molar-refractivity contribution in [2.45, 2.75) is 38.1 Å². The number of nitrogens with one attached hydrogen (secondary N) is 3. The van der Waals surface area contributed by atoms with Crippen molar-refractivity contribution in [3.8, 4) is 0 Å². The standard InChI is InChI=1S/C15H19N3O3/c1-2-6-15(7-3-8-16-15)13(19)17-10-4-5-12-11(9-10)18-14(20)21-12/h4-5,9,16H,2-3,6-8H2,1H3,(H,17,19)(H,18,20). The zero-order valence-electron chi connectivity index (χ0n) is 12.0. The molecule has 1 aromatic heterocycles. The van der Waals surface area contributed by atoms with Gasteiger partial charge >= 0.3 is 5.76 Å². The third-order valence-corrected chi connectivity index (χ3v) is 4.03. The number of anilines is 1. The van der Waals surface area contributed by atoms with Gasteiger partial charge in [-0.05, 0) is 44.0 Å². The minimum Gasteiger partial charge on any atom is -0.408 e. The highest BCUT2D eigenvalue weighted by molar-refractivity contribution is 5.99. The van der Waals surface area contributed by atoms with Crippen LogP contribution in [0.5, 0.6) is 0 Å². The third-order valence-electron chi connectivity index (χ3n) is 4.03. The monoisotopic (exact) mass is 289 g/mol. The Kier molecular flexibility index (Phi) is 3.55. The molecule has 3 N–H and O–H groups in total. The Morgan fingerprint density at radius 2 is 2.33 bits per heavy atom. The average Bonchev–Trinajstić information content (AvgIpc) is 3.05. The average molecular weight is 289 g/mol. The van der Waals surface area contributed by atoms with Gasteiger partial charge in [-0.15, -0.1) is 0 Å². The van der Waals surface area contributed by atoms with Crippen LogP contribution < -0.4 is 16.4 Å². The molecule has 112 valence electrons. The maximum absolute atomic E-state index is 12.6. The number of carbonyl (C=O) groups is 1. The summed E-state index contributed by atoms with van der Waals surface area (Å²) in [6, 6.07) is 5.13. The van der Waals surface area contributed by atoms with E-state index < -0.39 is 11.3 Å². The SMILES string of the molecule is CCCC1(C(=O)Nc2ccc3oc(=O)[nH]c3c2)CCCN1. The number of hydrogen-bond donors (Lipinski definition) is 3. The molecule has 0 spiro atoms. The van der Waals surface area contributed by atoms with Gasteiger partial charge in [0, 0.05) is 5.69 Å². The quantitative estimate of drug-likeness (QED) is 0.803. The Bertz CT molecular complexity index is 710. The molecular formula is C15H19N3O3. The van der Waals surface area contributed by atoms with Gasteiger partial charge < -0.3 is 15.1 Å². The van der Waals surface area contributed by atoms with E-state index in [1.54, 1.807) is 18.2 Å². The number of aromatic nitrogens is 1. The molecule has 2 heterocycles. The molecule has 0 radical (unpaired) electrons. The largest absolute Gasteiger partial charge is 0.417 e. The Morgan fingerprint density at radius 1 is 1.48 bits per heavy atom. The van der Waals surface area contributed by atoms with Crippen LogP contribution in [0.15, 0.2) is 27.4 Å². The van der Waals surface area contributed by atoms with Crippen LogP contribution in [-0.2, 0) is 4.79 Å². The molecular weight excluding hydrogens is 270 g/mol. The summed E-state index contributed by atoms with van der Waals surface area (Å²) in [7, 11) is 0. The predicted octanol–water partition coefficient (Wildman–Crippen LogP) is 1.98. The summed E-state index contributed by atoms with van der Waals surface area (Å²) in [5, 5.41) is 6.29. The highest BCUT2D eigenvalue weighted by atomic mass is 16.4. The molecule has 0 bridgehead atoms. The predicted molar refractivity (Wildman–Crippen MR) is 80.3 cm³/mol. The normalized spacial score (nSPS) is 21.8. The molecule has 1 unspecified atom stereocenters. The Balaban J connectivity index is 1.83. The number of oxazole rings is 1. The number of amides is 1. The van der Waals surface area contributed by atoms with E-state index in [1.807, 2.05) is 0 Å². The highest BCUT2D eigenvalue weighted by Crippen LogP contribution is 2.27. The fourth-order valence-corrected chi connectivity index (χ4v) is 3.03. The molecule has 6 nitrogen and oxygen atoms in total. The van der Waals surface area contributed by atoms with E-state index in [4.69, 9.17) is 4.42 Å². The first-order valence-electron chi connectivity index (χ1n) is 7.32. The van der Waals surface area contributed by atoms with Gasteiger partial charge in [0.25, 0.3) is 0 Å². The Morgan fingerprint density at radius 3 is 3.05 bits per heavy atom. The van der Waals surface area contributed by atoms with Crippen LogP contribution in [0.25, 0.3) is 11.1 Å². The summed E-state index contributed by atoms with van der Waals surface area (Å²) in [5.74, 6) is -0.500. The van der Waals surface area contributed by atoms with Crippen molar-refractivity contribution in [3.63, 3.8) is 0 Å². The lowest BCUT2D eigenvalue weighted by atomic mass is 9.91. The minimum atomic E-state index is -0.492. The number of aromatic amines is 1. The summed E-state index contributed by atoms with van der Waals surface area (Å²) < 4.78 is 4.95. The van der Waals surface area contributed by atoms with Crippen LogP contribution in [-0.4, -0.2) is 23.0 Å². The van der Waals surface area contributed by atoms with Gasteiger partial charge in [0.05, 0.1) is 11.1 Å². The number of carbonyl (C=O) groups excluding carboxylic acids is 1. The zero-order valence-corrected chi connectivity index (χ0v) is 12.0. The highest BCUT2D eigenvalue weighted by Gasteiger charge is 2.39. The molecule has 0 saturated carbocycles. The lowest BCUT2D eigenvalue weighted by Crippen LogP contribution is -2.50. The number of fused-ring (bicyclic) bond motifs is 1. The first kappa shape index (κ1) is 13.9. The van der Waals surface area contributed by atoms with Gasteiger partial charge in [0.15, 0.2) is 5.58 Å². The maximum Gasteiger partial charge on any atom is 0.417 e. The minimum absolute atomic E-state index is 0.00737. The van der Waals surface area contributed by atoms with Crippen molar-refractivity contribution in [2.24, 2.45) is 0 Å². The summed E-state index contributed by atoms with van der Waals surface area (Å²) >= 11 is 0. The molecule has 1 aromatic carbocycles. The fraction of sp³-hybridized carbons (Fsp3) is 0.467. The van der Waals surface area contributed by atoms with E-state index in [0.717, 1.165) is 32.2 Å². The van der Waals surface area contributed by atoms with Gasteiger partial charge in [-0.2, -0.15) is 0 Å². The molecule has 1 fully saturated rings. The van der Waals surface area contributed by atoms with Gasteiger partial charge in [-0.25, -0.2) is 4.79 Å². The van der Waals surface area contributed by atoms with E-state index in [9.17, 15) is 9.59 Å². The second-order valence-electron chi connectivity index (χ2n) is 5.54. The molecule has 1 aliphatic rings. The maximum atomic E-state index is 12.6. The van der Waals surface area contributed by atoms with Gasteiger partial charge in [0.2, 0.25) is 5.91 Å². The molecule has 0 aliphatic carbocycles. The summed E-state index contributed by atoms with van der Waals surface area (Å²) in [6.07, 6.45) is 3.65. The van der Waals surface area contributed by atoms with E-state index in [-0.39, 0.29) is 5.91 Å². The summed E-state index contributed by atoms with van der Waals surface area (Å²) in [5.41, 5.74) is 1.27. The molecule has 2 aromatic rings. The molecule has 1 aliphatic heterocycles. The van der Waals surface area contributed by atoms with Gasteiger partial charge in [-0.1, -0.05) is 13.3 Å². The zero-order chi connectivity index (χ0) is 14.9. The smallest absolute Gasteiger partial charge is 0.408 e. The third kappa shape index (κ3) is 2.58. The first-order chi connectivity index (χ1) is 10.1. The van der Waals surface area contributed by atoms with Crippen molar-refractivity contribution in [2.75, 3.05) is 11.9 Å². The molecule has 1 saturated heterocycles. The van der Waals surface area contributed by atoms with Crippen LogP contribution >= 0.6 is 0 Å². The molecule has 21 heavy (non-hydrogen) atoms. The second-order valence-corrected chi connectivity index (χ2v) is 5.54. The van der Waals surface area contributed by atoms with Crippen molar-refractivity contribution in [1.29, 1.82) is 0 Å². The van der Waals surface area contributed by atoms with E-state index >= 15 is 0 Å². The van der Waals surface area contributed by atoms with Crippen molar-refractivity contribution in [3.05, 3.63) is 28.7 Å². The molecule has 3 rings (SSSR count). The molecule has 1 amide bonds. The molecule has 6 heteroatoms. The Labute approximate surface area is 121 Å². The first-order valence-corrected chi connectivity index (χ1v) is 7.32. The van der Waals surface area contributed by atoms with E-state index in [0.29, 0.717) is 16.8 Å². The van der Waals surface area contributed by atoms with E-state index in [1.165, 1.54) is 0 Å². The topological polar surface area (TPSA) is 87.1 Å². The lowest BCUT2D eigenvalue weighted by Gasteiger charge is -2.27. The van der Waals surface area contributed by atoms with Crippen LogP contribution in [0.1, 0.15) is 32.6 Å². The fourth-order valence-electron chi connectivity index (χ4n) is 3.03. The van der Waals surface area contributed by atoms with Crippen LogP contribution in [0.4, 0.5) is 5.69 Å². The van der Waals surface area contributed by atoms with Crippen molar-refractivity contribution < 1.29 is 9.21 Å². The van der Waals surface area contributed by atoms with Gasteiger partial charge in [-0.3, -0.25) is 9.78 Å².